The smallest absolute Gasteiger partial charge is 0.322 e. The molecule has 0 unspecified atom stereocenters. The highest BCUT2D eigenvalue weighted by molar-refractivity contribution is 5.37. The Morgan fingerprint density at radius 3 is 2.78 bits per heavy atom. The number of methoxy groups -OCH3 is 1. The molecule has 0 aliphatic rings. The average Bonchev–Trinajstić information content (AvgIpc) is 2.41. The van der Waals surface area contributed by atoms with Crippen molar-refractivity contribution in [3.05, 3.63) is 0 Å². The highest BCUT2D eigenvalue weighted by Gasteiger charge is 2.10. The van der Waals surface area contributed by atoms with Crippen LogP contribution in [0.4, 0.5) is 11.9 Å². The van der Waals surface area contributed by atoms with Crippen LogP contribution >= 0.6 is 0 Å². The topological polar surface area (TPSA) is 87.0 Å². The molecular weight excluding hydrogens is 232 g/mol. The van der Waals surface area contributed by atoms with Crippen LogP contribution in [0.3, 0.4) is 0 Å². The molecule has 0 atom stereocenters. The second-order valence-electron chi connectivity index (χ2n) is 3.70. The molecular formula is C11H18N6O. The SMILES string of the molecule is CCCNc1nc(OC)nc(N(C)CCC#N)n1. The summed E-state index contributed by atoms with van der Waals surface area (Å²) in [5.41, 5.74) is 0. The minimum absolute atomic E-state index is 0.266. The van der Waals surface area contributed by atoms with Gasteiger partial charge in [-0.05, 0) is 6.42 Å². The number of nitriles is 1. The van der Waals surface area contributed by atoms with E-state index in [0.29, 0.717) is 24.9 Å². The molecule has 1 heterocycles. The summed E-state index contributed by atoms with van der Waals surface area (Å²) in [6, 6.07) is 2.35. The number of nitrogens with zero attached hydrogens (tertiary/aromatic N) is 5. The highest BCUT2D eigenvalue weighted by Crippen LogP contribution is 2.13. The number of rotatable bonds is 7. The lowest BCUT2D eigenvalue weighted by atomic mass is 10.4. The van der Waals surface area contributed by atoms with E-state index in [1.54, 1.807) is 4.90 Å². The minimum atomic E-state index is 0.266. The Morgan fingerprint density at radius 2 is 2.17 bits per heavy atom. The fraction of sp³-hybridized carbons (Fsp3) is 0.636. The number of hydrogen-bond donors (Lipinski definition) is 1. The Kier molecular flexibility index (Phi) is 5.64. The van der Waals surface area contributed by atoms with Gasteiger partial charge in [-0.2, -0.15) is 20.2 Å². The molecule has 0 amide bonds. The monoisotopic (exact) mass is 250 g/mol. The Balaban J connectivity index is 2.85. The molecule has 0 aliphatic heterocycles. The van der Waals surface area contributed by atoms with Crippen molar-refractivity contribution >= 4 is 11.9 Å². The summed E-state index contributed by atoms with van der Waals surface area (Å²) in [4.78, 5) is 14.3. The first-order valence-corrected chi connectivity index (χ1v) is 5.83. The summed E-state index contributed by atoms with van der Waals surface area (Å²) in [6.07, 6.45) is 1.40. The molecule has 7 heteroatoms. The van der Waals surface area contributed by atoms with E-state index in [1.807, 2.05) is 7.05 Å². The number of aromatic nitrogens is 3. The Morgan fingerprint density at radius 1 is 1.39 bits per heavy atom. The maximum absolute atomic E-state index is 8.57. The van der Waals surface area contributed by atoms with Gasteiger partial charge in [-0.1, -0.05) is 6.92 Å². The van der Waals surface area contributed by atoms with Crippen molar-refractivity contribution in [1.29, 1.82) is 5.26 Å². The van der Waals surface area contributed by atoms with E-state index in [9.17, 15) is 0 Å². The zero-order valence-corrected chi connectivity index (χ0v) is 11.0. The van der Waals surface area contributed by atoms with Crippen LogP contribution in [0, 0.1) is 11.3 Å². The van der Waals surface area contributed by atoms with Gasteiger partial charge in [0.25, 0.3) is 0 Å². The molecule has 98 valence electrons. The molecule has 7 nitrogen and oxygen atoms in total. The van der Waals surface area contributed by atoms with E-state index < -0.39 is 0 Å². The van der Waals surface area contributed by atoms with Crippen molar-refractivity contribution in [3.63, 3.8) is 0 Å². The van der Waals surface area contributed by atoms with E-state index in [4.69, 9.17) is 10.00 Å². The average molecular weight is 250 g/mol. The molecule has 0 spiro atoms. The van der Waals surface area contributed by atoms with Crippen LogP contribution in [0.25, 0.3) is 0 Å². The molecule has 0 radical (unpaired) electrons. The van der Waals surface area contributed by atoms with E-state index >= 15 is 0 Å². The highest BCUT2D eigenvalue weighted by atomic mass is 16.5. The van der Waals surface area contributed by atoms with Crippen molar-refractivity contribution in [2.24, 2.45) is 0 Å². The van der Waals surface area contributed by atoms with Crippen LogP contribution in [0.2, 0.25) is 0 Å². The third-order valence-electron chi connectivity index (χ3n) is 2.22. The van der Waals surface area contributed by atoms with Crippen molar-refractivity contribution < 1.29 is 4.74 Å². The van der Waals surface area contributed by atoms with Gasteiger partial charge in [-0.25, -0.2) is 0 Å². The van der Waals surface area contributed by atoms with Crippen molar-refractivity contribution in [2.75, 3.05) is 37.5 Å². The van der Waals surface area contributed by atoms with Crippen LogP contribution < -0.4 is 15.0 Å². The van der Waals surface area contributed by atoms with E-state index in [0.717, 1.165) is 13.0 Å². The zero-order valence-electron chi connectivity index (χ0n) is 11.0. The predicted octanol–water partition coefficient (Wildman–Crippen LogP) is 1.05. The molecule has 0 bridgehead atoms. The maximum Gasteiger partial charge on any atom is 0.322 e. The first-order chi connectivity index (χ1) is 8.71. The Bertz CT molecular complexity index is 416. The van der Waals surface area contributed by atoms with Gasteiger partial charge in [0.15, 0.2) is 0 Å². The molecule has 1 aromatic heterocycles. The summed E-state index contributed by atoms with van der Waals surface area (Å²) in [7, 11) is 3.34. The molecule has 1 N–H and O–H groups in total. The second kappa shape index (κ2) is 7.27. The van der Waals surface area contributed by atoms with Gasteiger partial charge in [0.05, 0.1) is 19.6 Å². The predicted molar refractivity (Wildman–Crippen MR) is 68.7 cm³/mol. The number of anilines is 2. The summed E-state index contributed by atoms with van der Waals surface area (Å²) >= 11 is 0. The normalized spacial score (nSPS) is 9.67. The van der Waals surface area contributed by atoms with Gasteiger partial charge in [0.1, 0.15) is 0 Å². The lowest BCUT2D eigenvalue weighted by molar-refractivity contribution is 0.379. The maximum atomic E-state index is 8.57. The molecule has 0 aromatic carbocycles. The van der Waals surface area contributed by atoms with Crippen LogP contribution in [0.1, 0.15) is 19.8 Å². The van der Waals surface area contributed by atoms with Gasteiger partial charge < -0.3 is 15.0 Å². The largest absolute Gasteiger partial charge is 0.467 e. The van der Waals surface area contributed by atoms with E-state index in [2.05, 4.69) is 33.3 Å². The Labute approximate surface area is 107 Å². The minimum Gasteiger partial charge on any atom is -0.467 e. The van der Waals surface area contributed by atoms with Gasteiger partial charge in [0.2, 0.25) is 11.9 Å². The first kappa shape index (κ1) is 14.0. The summed E-state index contributed by atoms with van der Waals surface area (Å²) in [5.74, 6) is 0.984. The summed E-state index contributed by atoms with van der Waals surface area (Å²) in [5, 5.41) is 11.7. The lowest BCUT2D eigenvalue weighted by Gasteiger charge is -2.16. The second-order valence-corrected chi connectivity index (χ2v) is 3.70. The van der Waals surface area contributed by atoms with Gasteiger partial charge in [-0.15, -0.1) is 0 Å². The summed E-state index contributed by atoms with van der Waals surface area (Å²) in [6.45, 7) is 3.41. The van der Waals surface area contributed by atoms with Gasteiger partial charge in [0, 0.05) is 20.1 Å². The van der Waals surface area contributed by atoms with Gasteiger partial charge >= 0.3 is 6.01 Å². The fourth-order valence-corrected chi connectivity index (χ4v) is 1.24. The van der Waals surface area contributed by atoms with Crippen LogP contribution in [-0.4, -0.2) is 42.2 Å². The number of hydrogen-bond acceptors (Lipinski definition) is 7. The van der Waals surface area contributed by atoms with Crippen molar-refractivity contribution in [1.82, 2.24) is 15.0 Å². The molecule has 0 aliphatic carbocycles. The van der Waals surface area contributed by atoms with Gasteiger partial charge in [-0.3, -0.25) is 0 Å². The third-order valence-corrected chi connectivity index (χ3v) is 2.22. The molecule has 18 heavy (non-hydrogen) atoms. The molecule has 0 saturated carbocycles. The van der Waals surface area contributed by atoms with Crippen LogP contribution in [0.15, 0.2) is 0 Å². The Hall–Kier alpha value is -2.10. The van der Waals surface area contributed by atoms with Crippen LogP contribution in [-0.2, 0) is 0 Å². The fourth-order valence-electron chi connectivity index (χ4n) is 1.24. The molecule has 0 fully saturated rings. The summed E-state index contributed by atoms with van der Waals surface area (Å²) < 4.78 is 5.04. The van der Waals surface area contributed by atoms with Crippen molar-refractivity contribution in [3.8, 4) is 12.1 Å². The zero-order chi connectivity index (χ0) is 13.4. The van der Waals surface area contributed by atoms with E-state index in [-0.39, 0.29) is 6.01 Å². The van der Waals surface area contributed by atoms with Crippen LogP contribution in [0.5, 0.6) is 6.01 Å². The quantitative estimate of drug-likeness (QED) is 0.773. The molecule has 1 aromatic rings. The third kappa shape index (κ3) is 4.05. The molecule has 0 saturated heterocycles. The molecule has 1 rings (SSSR count). The number of nitrogens with one attached hydrogen (secondary N) is 1. The lowest BCUT2D eigenvalue weighted by Crippen LogP contribution is -2.22. The standard InChI is InChI=1S/C11H18N6O/c1-4-7-13-9-14-10(16-11(15-9)18-3)17(2)8-5-6-12/h4-5,7-8H2,1-3H3,(H,13,14,15,16). The van der Waals surface area contributed by atoms with Crippen molar-refractivity contribution in [2.45, 2.75) is 19.8 Å². The first-order valence-electron chi connectivity index (χ1n) is 5.83. The number of ether oxygens (including phenoxy) is 1. The van der Waals surface area contributed by atoms with E-state index in [1.165, 1.54) is 7.11 Å².